The summed E-state index contributed by atoms with van der Waals surface area (Å²) in [4.78, 5) is 13.0. The van der Waals surface area contributed by atoms with E-state index in [1.54, 1.807) is 12.1 Å². The highest BCUT2D eigenvalue weighted by molar-refractivity contribution is 6.33. The molecule has 1 saturated heterocycles. The molecule has 98 valence electrons. The summed E-state index contributed by atoms with van der Waals surface area (Å²) in [7, 11) is 0. The van der Waals surface area contributed by atoms with Gasteiger partial charge in [0.15, 0.2) is 0 Å². The molecule has 0 amide bonds. The Morgan fingerprint density at radius 2 is 2.22 bits per heavy atom. The van der Waals surface area contributed by atoms with Crippen LogP contribution in [0.1, 0.15) is 24.2 Å². The molecule has 0 saturated carbocycles. The summed E-state index contributed by atoms with van der Waals surface area (Å²) in [6.45, 7) is 6.19. The quantitative estimate of drug-likeness (QED) is 0.897. The van der Waals surface area contributed by atoms with Crippen LogP contribution in [0.4, 0.5) is 5.69 Å². The number of morpholine rings is 1. The van der Waals surface area contributed by atoms with E-state index in [2.05, 4.69) is 18.7 Å². The molecule has 5 heteroatoms. The lowest BCUT2D eigenvalue weighted by Crippen LogP contribution is -2.53. The van der Waals surface area contributed by atoms with Gasteiger partial charge in [-0.25, -0.2) is 4.79 Å². The van der Waals surface area contributed by atoms with Crippen molar-refractivity contribution in [2.24, 2.45) is 0 Å². The van der Waals surface area contributed by atoms with E-state index in [1.807, 2.05) is 0 Å². The maximum absolute atomic E-state index is 10.9. The lowest BCUT2D eigenvalue weighted by molar-refractivity contribution is 0.0644. The van der Waals surface area contributed by atoms with Crippen LogP contribution >= 0.6 is 11.6 Å². The van der Waals surface area contributed by atoms with Crippen LogP contribution in [0.15, 0.2) is 18.2 Å². The first kappa shape index (κ1) is 13.2. The lowest BCUT2D eigenvalue weighted by atomic mass is 10.0. The molecule has 1 aromatic carbocycles. The standard InChI is InChI=1S/C13H16ClNO3/c1-13(2)8-18-6-5-15(13)11-4-3-9(12(16)17)7-10(11)14/h3-4,7H,5-6,8H2,1-2H3,(H,16,17). The zero-order valence-electron chi connectivity index (χ0n) is 10.4. The summed E-state index contributed by atoms with van der Waals surface area (Å²) in [5, 5.41) is 9.38. The number of anilines is 1. The van der Waals surface area contributed by atoms with Crippen LogP contribution in [0.5, 0.6) is 0 Å². The van der Waals surface area contributed by atoms with Gasteiger partial charge in [-0.2, -0.15) is 0 Å². The number of ether oxygens (including phenoxy) is 1. The molecule has 1 N–H and O–H groups in total. The third-order valence-corrected chi connectivity index (χ3v) is 3.43. The number of halogens is 1. The Morgan fingerprint density at radius 3 is 2.78 bits per heavy atom. The Morgan fingerprint density at radius 1 is 1.50 bits per heavy atom. The zero-order chi connectivity index (χ0) is 13.3. The zero-order valence-corrected chi connectivity index (χ0v) is 11.2. The SMILES string of the molecule is CC1(C)COCCN1c1ccc(C(=O)O)cc1Cl. The average Bonchev–Trinajstić information content (AvgIpc) is 2.29. The molecule has 0 atom stereocenters. The molecule has 4 nitrogen and oxygen atoms in total. The second kappa shape index (κ2) is 4.78. The Hall–Kier alpha value is -1.26. The van der Waals surface area contributed by atoms with E-state index < -0.39 is 5.97 Å². The highest BCUT2D eigenvalue weighted by atomic mass is 35.5. The van der Waals surface area contributed by atoms with Crippen LogP contribution in [0.25, 0.3) is 0 Å². The molecule has 0 unspecified atom stereocenters. The van der Waals surface area contributed by atoms with Gasteiger partial charge in [-0.3, -0.25) is 0 Å². The molecule has 1 fully saturated rings. The fourth-order valence-electron chi connectivity index (χ4n) is 2.16. The van der Waals surface area contributed by atoms with Gasteiger partial charge in [0.25, 0.3) is 0 Å². The molecule has 0 aromatic heterocycles. The fourth-order valence-corrected chi connectivity index (χ4v) is 2.45. The maximum Gasteiger partial charge on any atom is 0.335 e. The number of hydrogen-bond donors (Lipinski definition) is 1. The first-order chi connectivity index (χ1) is 8.42. The molecule has 1 aliphatic rings. The highest BCUT2D eigenvalue weighted by Gasteiger charge is 2.31. The monoisotopic (exact) mass is 269 g/mol. The maximum atomic E-state index is 10.9. The van der Waals surface area contributed by atoms with E-state index >= 15 is 0 Å². The molecule has 18 heavy (non-hydrogen) atoms. The minimum atomic E-state index is -0.968. The third-order valence-electron chi connectivity index (χ3n) is 3.13. The van der Waals surface area contributed by atoms with Crippen LogP contribution in [0.3, 0.4) is 0 Å². The van der Waals surface area contributed by atoms with Gasteiger partial charge in [0.2, 0.25) is 0 Å². The minimum absolute atomic E-state index is 0.146. The number of carboxylic acid groups (broad SMARTS) is 1. The fraction of sp³-hybridized carbons (Fsp3) is 0.462. The summed E-state index contributed by atoms with van der Waals surface area (Å²) in [6.07, 6.45) is 0. The van der Waals surface area contributed by atoms with E-state index in [0.29, 0.717) is 18.2 Å². The number of nitrogens with zero attached hydrogens (tertiary/aromatic N) is 1. The first-order valence-electron chi connectivity index (χ1n) is 5.80. The predicted molar refractivity (Wildman–Crippen MR) is 70.7 cm³/mol. The number of rotatable bonds is 2. The Kier molecular flexibility index (Phi) is 3.50. The Bertz CT molecular complexity index is 473. The van der Waals surface area contributed by atoms with Crippen LogP contribution in [-0.4, -0.2) is 36.4 Å². The molecule has 1 aromatic rings. The van der Waals surface area contributed by atoms with Crippen LogP contribution in [0, 0.1) is 0 Å². The van der Waals surface area contributed by atoms with E-state index in [1.165, 1.54) is 6.07 Å². The van der Waals surface area contributed by atoms with Crippen molar-refractivity contribution < 1.29 is 14.6 Å². The summed E-state index contributed by atoms with van der Waals surface area (Å²) in [6, 6.07) is 4.83. The average molecular weight is 270 g/mol. The normalized spacial score (nSPS) is 18.7. The van der Waals surface area contributed by atoms with E-state index in [9.17, 15) is 4.79 Å². The van der Waals surface area contributed by atoms with Crippen LogP contribution in [-0.2, 0) is 4.74 Å². The van der Waals surface area contributed by atoms with Gasteiger partial charge in [0, 0.05) is 6.54 Å². The molecule has 0 radical (unpaired) electrons. The van der Waals surface area contributed by atoms with E-state index in [0.717, 1.165) is 12.2 Å². The van der Waals surface area contributed by atoms with E-state index in [-0.39, 0.29) is 11.1 Å². The largest absolute Gasteiger partial charge is 0.478 e. The summed E-state index contributed by atoms with van der Waals surface area (Å²) in [5.74, 6) is -0.968. The van der Waals surface area contributed by atoms with Gasteiger partial charge in [-0.1, -0.05) is 11.6 Å². The molecule has 0 aliphatic carbocycles. The van der Waals surface area contributed by atoms with E-state index in [4.69, 9.17) is 21.4 Å². The van der Waals surface area contributed by atoms with Gasteiger partial charge in [0.05, 0.1) is 35.0 Å². The predicted octanol–water partition coefficient (Wildman–Crippen LogP) is 2.65. The van der Waals surface area contributed by atoms with Crippen molar-refractivity contribution in [3.8, 4) is 0 Å². The molecular weight excluding hydrogens is 254 g/mol. The molecule has 2 rings (SSSR count). The topological polar surface area (TPSA) is 49.8 Å². The van der Waals surface area contributed by atoms with Crippen molar-refractivity contribution in [3.63, 3.8) is 0 Å². The van der Waals surface area contributed by atoms with Crippen LogP contribution < -0.4 is 4.90 Å². The number of carboxylic acids is 1. The molecule has 0 spiro atoms. The number of benzene rings is 1. The summed E-state index contributed by atoms with van der Waals surface area (Å²) in [5.41, 5.74) is 0.914. The number of aromatic carboxylic acids is 1. The smallest absolute Gasteiger partial charge is 0.335 e. The molecule has 1 aliphatic heterocycles. The minimum Gasteiger partial charge on any atom is -0.478 e. The second-order valence-corrected chi connectivity index (χ2v) is 5.40. The first-order valence-corrected chi connectivity index (χ1v) is 6.18. The van der Waals surface area contributed by atoms with Gasteiger partial charge in [-0.05, 0) is 32.0 Å². The van der Waals surface area contributed by atoms with Crippen molar-refractivity contribution in [1.29, 1.82) is 0 Å². The highest BCUT2D eigenvalue weighted by Crippen LogP contribution is 2.33. The summed E-state index contributed by atoms with van der Waals surface area (Å²) < 4.78 is 5.46. The molecule has 0 bridgehead atoms. The van der Waals surface area contributed by atoms with Crippen LogP contribution in [0.2, 0.25) is 5.02 Å². The molecule has 1 heterocycles. The van der Waals surface area contributed by atoms with Crippen molar-refractivity contribution in [2.45, 2.75) is 19.4 Å². The number of carbonyl (C=O) groups is 1. The third kappa shape index (κ3) is 2.44. The van der Waals surface area contributed by atoms with Gasteiger partial charge < -0.3 is 14.7 Å². The lowest BCUT2D eigenvalue weighted by Gasteiger charge is -2.44. The molecular formula is C13H16ClNO3. The van der Waals surface area contributed by atoms with Gasteiger partial charge >= 0.3 is 5.97 Å². The van der Waals surface area contributed by atoms with Gasteiger partial charge in [0.1, 0.15) is 0 Å². The van der Waals surface area contributed by atoms with Crippen molar-refractivity contribution in [1.82, 2.24) is 0 Å². The summed E-state index contributed by atoms with van der Waals surface area (Å²) >= 11 is 6.19. The Labute approximate surface area is 111 Å². The van der Waals surface area contributed by atoms with Gasteiger partial charge in [-0.15, -0.1) is 0 Å². The van der Waals surface area contributed by atoms with Crippen molar-refractivity contribution in [3.05, 3.63) is 28.8 Å². The number of hydrogen-bond acceptors (Lipinski definition) is 3. The van der Waals surface area contributed by atoms with Crippen molar-refractivity contribution >= 4 is 23.3 Å². The second-order valence-electron chi connectivity index (χ2n) is 4.99. The Balaban J connectivity index is 2.36. The van der Waals surface area contributed by atoms with Crippen molar-refractivity contribution in [2.75, 3.05) is 24.7 Å².